The Hall–Kier alpha value is -4.19. The summed E-state index contributed by atoms with van der Waals surface area (Å²) in [5.74, 6) is -0.302. The minimum absolute atomic E-state index is 0.0743. The average Bonchev–Trinajstić information content (AvgIpc) is 3.20. The predicted octanol–water partition coefficient (Wildman–Crippen LogP) is 3.24. The Kier molecular flexibility index (Phi) is 6.08. The number of nitrogens with one attached hydrogen (secondary N) is 1. The van der Waals surface area contributed by atoms with Gasteiger partial charge in [-0.2, -0.15) is 5.26 Å². The molecule has 0 saturated carbocycles. The second-order valence-electron chi connectivity index (χ2n) is 5.99. The Morgan fingerprint density at radius 2 is 1.83 bits per heavy atom. The number of esters is 1. The van der Waals surface area contributed by atoms with Crippen LogP contribution in [-0.2, 0) is 4.74 Å². The van der Waals surface area contributed by atoms with Crippen LogP contribution >= 0.6 is 0 Å². The third kappa shape index (κ3) is 3.84. The van der Waals surface area contributed by atoms with Crippen LogP contribution in [0.1, 0.15) is 16.2 Å². The number of aliphatic hydroxyl groups is 1. The van der Waals surface area contributed by atoms with Crippen molar-refractivity contribution in [2.75, 3.05) is 27.9 Å². The van der Waals surface area contributed by atoms with Crippen molar-refractivity contribution < 1.29 is 28.8 Å². The highest BCUT2D eigenvalue weighted by molar-refractivity contribution is 5.94. The van der Waals surface area contributed by atoms with Crippen molar-refractivity contribution in [1.29, 1.82) is 5.26 Å². The molecule has 0 aliphatic carbocycles. The van der Waals surface area contributed by atoms with E-state index < -0.39 is 18.3 Å². The third-order valence-corrected chi connectivity index (χ3v) is 4.29. The summed E-state index contributed by atoms with van der Waals surface area (Å²) in [7, 11) is 4.25. The van der Waals surface area contributed by atoms with Gasteiger partial charge >= 0.3 is 5.97 Å². The highest BCUT2D eigenvalue weighted by atomic mass is 16.5. The molecule has 0 bridgehead atoms. The fourth-order valence-corrected chi connectivity index (χ4v) is 2.87. The van der Waals surface area contributed by atoms with Crippen molar-refractivity contribution >= 4 is 22.6 Å². The smallest absolute Gasteiger partial charge is 0.342 e. The maximum Gasteiger partial charge on any atom is 0.342 e. The number of nitriles is 1. The zero-order chi connectivity index (χ0) is 21.7. The first-order valence-corrected chi connectivity index (χ1v) is 8.77. The lowest BCUT2D eigenvalue weighted by molar-refractivity contribution is 0.0498. The number of rotatable bonds is 7. The molecular formula is C21H19N3O6. The molecular weight excluding hydrogens is 390 g/mol. The van der Waals surface area contributed by atoms with Gasteiger partial charge in [-0.15, -0.1) is 0 Å². The SMILES string of the molecule is COc1ccc(C(=O)OCC(O)=C(C#N)c2nc3ccccc3[nH]2)c(OC)c1OC. The molecule has 3 rings (SSSR count). The van der Waals surface area contributed by atoms with Gasteiger partial charge in [0.15, 0.2) is 23.1 Å². The molecule has 2 N–H and O–H groups in total. The predicted molar refractivity (Wildman–Crippen MR) is 108 cm³/mol. The van der Waals surface area contributed by atoms with Crippen LogP contribution in [0.25, 0.3) is 16.6 Å². The van der Waals surface area contributed by atoms with Crippen LogP contribution < -0.4 is 14.2 Å². The highest BCUT2D eigenvalue weighted by Gasteiger charge is 2.22. The Bertz CT molecular complexity index is 1130. The van der Waals surface area contributed by atoms with Gasteiger partial charge in [-0.25, -0.2) is 9.78 Å². The zero-order valence-corrected chi connectivity index (χ0v) is 16.6. The average molecular weight is 409 g/mol. The van der Waals surface area contributed by atoms with Crippen molar-refractivity contribution in [3.8, 4) is 23.3 Å². The molecule has 0 radical (unpaired) electrons. The fraction of sp³-hybridized carbons (Fsp3) is 0.190. The summed E-state index contributed by atoms with van der Waals surface area (Å²) in [6.07, 6.45) is 0. The van der Waals surface area contributed by atoms with Gasteiger partial charge in [-0.1, -0.05) is 12.1 Å². The number of aromatic nitrogens is 2. The summed E-state index contributed by atoms with van der Waals surface area (Å²) < 4.78 is 20.9. The Balaban J connectivity index is 1.85. The first-order valence-electron chi connectivity index (χ1n) is 8.77. The molecule has 1 aromatic heterocycles. The molecule has 0 amide bonds. The maximum atomic E-state index is 12.5. The normalized spacial score (nSPS) is 11.4. The molecule has 0 atom stereocenters. The second kappa shape index (κ2) is 8.87. The van der Waals surface area contributed by atoms with E-state index in [0.717, 1.165) is 0 Å². The monoisotopic (exact) mass is 409 g/mol. The summed E-state index contributed by atoms with van der Waals surface area (Å²) >= 11 is 0. The summed E-state index contributed by atoms with van der Waals surface area (Å²) in [6, 6.07) is 12.1. The quantitative estimate of drug-likeness (QED) is 0.346. The van der Waals surface area contributed by atoms with Crippen LogP contribution in [0.4, 0.5) is 0 Å². The Morgan fingerprint density at radius 1 is 1.10 bits per heavy atom. The molecule has 1 heterocycles. The lowest BCUT2D eigenvalue weighted by Gasteiger charge is -2.15. The van der Waals surface area contributed by atoms with Crippen molar-refractivity contribution in [2.45, 2.75) is 0 Å². The Labute approximate surface area is 172 Å². The van der Waals surface area contributed by atoms with E-state index in [9.17, 15) is 15.2 Å². The molecule has 0 unspecified atom stereocenters. The van der Waals surface area contributed by atoms with E-state index in [1.165, 1.54) is 33.5 Å². The fourth-order valence-electron chi connectivity index (χ4n) is 2.87. The summed E-state index contributed by atoms with van der Waals surface area (Å²) in [5.41, 5.74) is 1.30. The zero-order valence-electron chi connectivity index (χ0n) is 16.6. The number of H-pyrrole nitrogens is 1. The number of para-hydroxylation sites is 2. The standard InChI is InChI=1S/C21H19N3O6/c1-27-17-9-8-12(18(28-2)19(17)29-3)21(26)30-11-16(25)13(10-22)20-23-14-6-4-5-7-15(14)24-20/h4-9,25H,11H2,1-3H3,(H,23,24). The topological polar surface area (TPSA) is 127 Å². The number of aromatic amines is 1. The molecule has 154 valence electrons. The maximum absolute atomic E-state index is 12.5. The minimum atomic E-state index is -0.777. The van der Waals surface area contributed by atoms with E-state index in [4.69, 9.17) is 18.9 Å². The van der Waals surface area contributed by atoms with Crippen molar-refractivity contribution in [1.82, 2.24) is 9.97 Å². The van der Waals surface area contributed by atoms with E-state index in [1.54, 1.807) is 18.2 Å². The van der Waals surface area contributed by atoms with Gasteiger partial charge in [0.05, 0.1) is 32.4 Å². The van der Waals surface area contributed by atoms with Gasteiger partial charge in [0, 0.05) is 0 Å². The number of allylic oxidation sites excluding steroid dienone is 1. The number of nitrogens with zero attached hydrogens (tertiary/aromatic N) is 2. The van der Waals surface area contributed by atoms with Gasteiger partial charge in [0.2, 0.25) is 5.75 Å². The summed E-state index contributed by atoms with van der Waals surface area (Å²) in [4.78, 5) is 19.8. The van der Waals surface area contributed by atoms with Crippen LogP contribution in [0.5, 0.6) is 17.2 Å². The van der Waals surface area contributed by atoms with Crippen LogP contribution in [0.2, 0.25) is 0 Å². The minimum Gasteiger partial charge on any atom is -0.507 e. The van der Waals surface area contributed by atoms with Gasteiger partial charge in [0.1, 0.15) is 23.8 Å². The van der Waals surface area contributed by atoms with Gasteiger partial charge in [-0.3, -0.25) is 0 Å². The number of hydrogen-bond donors (Lipinski definition) is 2. The third-order valence-electron chi connectivity index (χ3n) is 4.29. The van der Waals surface area contributed by atoms with E-state index >= 15 is 0 Å². The number of aliphatic hydroxyl groups excluding tert-OH is 1. The van der Waals surface area contributed by atoms with Gasteiger partial charge < -0.3 is 29.0 Å². The first-order chi connectivity index (χ1) is 14.5. The molecule has 30 heavy (non-hydrogen) atoms. The number of carbonyl (C=O) groups excluding carboxylic acids is 1. The number of methoxy groups -OCH3 is 3. The molecule has 0 fully saturated rings. The van der Waals surface area contributed by atoms with E-state index in [0.29, 0.717) is 16.8 Å². The molecule has 2 aromatic carbocycles. The van der Waals surface area contributed by atoms with Crippen LogP contribution in [0.15, 0.2) is 42.2 Å². The van der Waals surface area contributed by atoms with Gasteiger partial charge in [0.25, 0.3) is 0 Å². The molecule has 0 spiro atoms. The van der Waals surface area contributed by atoms with Crippen LogP contribution in [0, 0.1) is 11.3 Å². The van der Waals surface area contributed by atoms with Crippen LogP contribution in [-0.4, -0.2) is 49.0 Å². The number of benzene rings is 2. The van der Waals surface area contributed by atoms with E-state index in [2.05, 4.69) is 9.97 Å². The van der Waals surface area contributed by atoms with Crippen LogP contribution in [0.3, 0.4) is 0 Å². The molecule has 9 nitrogen and oxygen atoms in total. The highest BCUT2D eigenvalue weighted by Crippen LogP contribution is 2.40. The molecule has 3 aromatic rings. The number of carbonyl (C=O) groups is 1. The van der Waals surface area contributed by atoms with Crippen molar-refractivity contribution in [3.05, 3.63) is 53.5 Å². The summed E-state index contributed by atoms with van der Waals surface area (Å²) in [5, 5.41) is 19.8. The Morgan fingerprint density at radius 3 is 2.47 bits per heavy atom. The van der Waals surface area contributed by atoms with Gasteiger partial charge in [-0.05, 0) is 24.3 Å². The number of fused-ring (bicyclic) bond motifs is 1. The van der Waals surface area contributed by atoms with E-state index in [-0.39, 0.29) is 28.5 Å². The molecule has 0 saturated heterocycles. The lowest BCUT2D eigenvalue weighted by atomic mass is 10.1. The molecule has 0 aliphatic rings. The second-order valence-corrected chi connectivity index (χ2v) is 5.99. The number of ether oxygens (including phenoxy) is 4. The largest absolute Gasteiger partial charge is 0.507 e. The van der Waals surface area contributed by atoms with E-state index in [1.807, 2.05) is 12.1 Å². The molecule has 9 heteroatoms. The number of imidazole rings is 1. The lowest BCUT2D eigenvalue weighted by Crippen LogP contribution is -2.11. The van der Waals surface area contributed by atoms with Crippen molar-refractivity contribution in [2.24, 2.45) is 0 Å². The first kappa shape index (κ1) is 20.5. The number of hydrogen-bond acceptors (Lipinski definition) is 8. The summed E-state index contributed by atoms with van der Waals surface area (Å²) in [6.45, 7) is -0.531. The van der Waals surface area contributed by atoms with Crippen molar-refractivity contribution in [3.63, 3.8) is 0 Å². The molecule has 0 aliphatic heterocycles.